The molecule has 0 saturated heterocycles. The molecule has 1 aromatic heterocycles. The molecule has 1 N–H and O–H groups in total. The molecule has 88 valence electrons. The van der Waals surface area contributed by atoms with Crippen molar-refractivity contribution in [2.75, 3.05) is 18.5 Å². The molecule has 0 amide bonds. The van der Waals surface area contributed by atoms with Crippen LogP contribution >= 0.6 is 11.3 Å². The van der Waals surface area contributed by atoms with Crippen molar-refractivity contribution in [3.63, 3.8) is 0 Å². The molecule has 0 unspecified atom stereocenters. The molecule has 1 aromatic rings. The lowest BCUT2D eigenvalue weighted by atomic mass is 10.3. The molecule has 4 nitrogen and oxygen atoms in total. The van der Waals surface area contributed by atoms with Crippen LogP contribution in [0.25, 0.3) is 0 Å². The molecule has 1 aliphatic rings. The molecule has 2 rings (SSSR count). The number of carboxylic acid groups (broad SMARTS) is 1. The Labute approximate surface area is 98.9 Å². The van der Waals surface area contributed by atoms with Crippen LogP contribution in [0.5, 0.6) is 0 Å². The smallest absolute Gasteiger partial charge is 0.303 e. The van der Waals surface area contributed by atoms with Gasteiger partial charge in [0.1, 0.15) is 0 Å². The van der Waals surface area contributed by atoms with E-state index in [4.69, 9.17) is 5.11 Å². The normalized spacial score (nSPS) is 13.8. The summed E-state index contributed by atoms with van der Waals surface area (Å²) in [6.45, 7) is 0.763. The van der Waals surface area contributed by atoms with Crippen LogP contribution < -0.4 is 4.90 Å². The monoisotopic (exact) mass is 240 g/mol. The number of aryl methyl sites for hydroxylation is 2. The molecular formula is C11H16N2O2S. The molecule has 0 aromatic carbocycles. The lowest BCUT2D eigenvalue weighted by molar-refractivity contribution is -0.137. The number of rotatable bonds is 5. The summed E-state index contributed by atoms with van der Waals surface area (Å²) in [5.41, 5.74) is 1.25. The minimum absolute atomic E-state index is 0.232. The highest BCUT2D eigenvalue weighted by atomic mass is 32.1. The van der Waals surface area contributed by atoms with Gasteiger partial charge in [-0.05, 0) is 25.7 Å². The standard InChI is InChI=1S/C11H16N2O2S/c1-13(7-3-6-10(14)15)11-12-8-4-2-5-9(8)16-11/h2-7H2,1H3,(H,14,15). The first-order valence-electron chi connectivity index (χ1n) is 5.58. The largest absolute Gasteiger partial charge is 0.481 e. The minimum Gasteiger partial charge on any atom is -0.481 e. The van der Waals surface area contributed by atoms with E-state index in [0.717, 1.165) is 24.5 Å². The van der Waals surface area contributed by atoms with Crippen molar-refractivity contribution in [2.45, 2.75) is 32.1 Å². The molecule has 0 spiro atoms. The number of hydrogen-bond acceptors (Lipinski definition) is 4. The van der Waals surface area contributed by atoms with Gasteiger partial charge in [-0.2, -0.15) is 0 Å². The van der Waals surface area contributed by atoms with E-state index in [-0.39, 0.29) is 6.42 Å². The van der Waals surface area contributed by atoms with Crippen molar-refractivity contribution < 1.29 is 9.90 Å². The Hall–Kier alpha value is -1.10. The summed E-state index contributed by atoms with van der Waals surface area (Å²) < 4.78 is 0. The van der Waals surface area contributed by atoms with Crippen LogP contribution in [-0.4, -0.2) is 29.7 Å². The second-order valence-corrected chi connectivity index (χ2v) is 5.20. The van der Waals surface area contributed by atoms with Crippen molar-refractivity contribution >= 4 is 22.4 Å². The van der Waals surface area contributed by atoms with Crippen molar-refractivity contribution in [1.82, 2.24) is 4.98 Å². The van der Waals surface area contributed by atoms with Crippen LogP contribution in [0.15, 0.2) is 0 Å². The number of nitrogens with zero attached hydrogens (tertiary/aromatic N) is 2. The number of anilines is 1. The van der Waals surface area contributed by atoms with E-state index in [1.54, 1.807) is 11.3 Å². The van der Waals surface area contributed by atoms with Gasteiger partial charge in [0.25, 0.3) is 0 Å². The van der Waals surface area contributed by atoms with Gasteiger partial charge in [0.15, 0.2) is 5.13 Å². The van der Waals surface area contributed by atoms with Crippen LogP contribution in [0.1, 0.15) is 29.8 Å². The summed E-state index contributed by atoms with van der Waals surface area (Å²) in [6.07, 6.45) is 4.41. The highest BCUT2D eigenvalue weighted by Gasteiger charge is 2.18. The van der Waals surface area contributed by atoms with Crippen LogP contribution in [0.3, 0.4) is 0 Å². The number of carboxylic acids is 1. The minimum atomic E-state index is -0.727. The third-order valence-corrected chi connectivity index (χ3v) is 4.07. The zero-order valence-electron chi connectivity index (χ0n) is 9.40. The Kier molecular flexibility index (Phi) is 3.43. The Morgan fingerprint density at radius 3 is 3.06 bits per heavy atom. The van der Waals surface area contributed by atoms with Gasteiger partial charge >= 0.3 is 5.97 Å². The van der Waals surface area contributed by atoms with Crippen molar-refractivity contribution in [3.8, 4) is 0 Å². The predicted molar refractivity (Wildman–Crippen MR) is 64.3 cm³/mol. The summed E-state index contributed by atoms with van der Waals surface area (Å²) in [5, 5.41) is 9.60. The van der Waals surface area contributed by atoms with Crippen LogP contribution in [0, 0.1) is 0 Å². The Bertz CT molecular complexity index is 368. The molecule has 0 aliphatic heterocycles. The van der Waals surface area contributed by atoms with E-state index in [2.05, 4.69) is 9.88 Å². The molecule has 0 bridgehead atoms. The molecular weight excluding hydrogens is 224 g/mol. The Morgan fingerprint density at radius 2 is 2.38 bits per heavy atom. The van der Waals surface area contributed by atoms with E-state index in [1.807, 2.05) is 7.05 Å². The first-order chi connectivity index (χ1) is 7.66. The highest BCUT2D eigenvalue weighted by Crippen LogP contribution is 2.32. The molecule has 0 radical (unpaired) electrons. The maximum atomic E-state index is 10.4. The van der Waals surface area contributed by atoms with Crippen LogP contribution in [0.2, 0.25) is 0 Å². The van der Waals surface area contributed by atoms with Gasteiger partial charge in [-0.1, -0.05) is 0 Å². The van der Waals surface area contributed by atoms with Gasteiger partial charge in [-0.25, -0.2) is 4.98 Å². The molecule has 5 heteroatoms. The average Bonchev–Trinajstić information content (AvgIpc) is 2.75. The van der Waals surface area contributed by atoms with Gasteiger partial charge in [-0.3, -0.25) is 4.79 Å². The fourth-order valence-electron chi connectivity index (χ4n) is 1.90. The van der Waals surface area contributed by atoms with Gasteiger partial charge < -0.3 is 10.0 Å². The van der Waals surface area contributed by atoms with Crippen molar-refractivity contribution in [3.05, 3.63) is 10.6 Å². The lowest BCUT2D eigenvalue weighted by Gasteiger charge is -2.14. The van der Waals surface area contributed by atoms with E-state index < -0.39 is 5.97 Å². The maximum Gasteiger partial charge on any atom is 0.303 e. The van der Waals surface area contributed by atoms with Crippen molar-refractivity contribution in [2.24, 2.45) is 0 Å². The number of carbonyl (C=O) groups is 1. The molecule has 1 aliphatic carbocycles. The SMILES string of the molecule is CN(CCCC(=O)O)c1nc2c(s1)CCC2. The van der Waals surface area contributed by atoms with Crippen LogP contribution in [-0.2, 0) is 17.6 Å². The summed E-state index contributed by atoms with van der Waals surface area (Å²) in [5.74, 6) is -0.727. The fraction of sp³-hybridized carbons (Fsp3) is 0.636. The van der Waals surface area contributed by atoms with Gasteiger partial charge in [0.05, 0.1) is 5.69 Å². The first-order valence-corrected chi connectivity index (χ1v) is 6.40. The summed E-state index contributed by atoms with van der Waals surface area (Å²) in [6, 6.07) is 0. The average molecular weight is 240 g/mol. The highest BCUT2D eigenvalue weighted by molar-refractivity contribution is 7.15. The lowest BCUT2D eigenvalue weighted by Crippen LogP contribution is -2.19. The molecule has 0 atom stereocenters. The van der Waals surface area contributed by atoms with Gasteiger partial charge in [0, 0.05) is 24.9 Å². The second kappa shape index (κ2) is 4.82. The van der Waals surface area contributed by atoms with Gasteiger partial charge in [-0.15, -0.1) is 11.3 Å². The topological polar surface area (TPSA) is 53.4 Å². The van der Waals surface area contributed by atoms with E-state index in [9.17, 15) is 4.79 Å². The number of fused-ring (bicyclic) bond motifs is 1. The summed E-state index contributed by atoms with van der Waals surface area (Å²) in [7, 11) is 1.98. The summed E-state index contributed by atoms with van der Waals surface area (Å²) in [4.78, 5) is 18.5. The molecule has 1 heterocycles. The second-order valence-electron chi connectivity index (χ2n) is 4.14. The third kappa shape index (κ3) is 2.52. The van der Waals surface area contributed by atoms with Gasteiger partial charge in [0.2, 0.25) is 0 Å². The maximum absolute atomic E-state index is 10.4. The number of hydrogen-bond donors (Lipinski definition) is 1. The fourth-order valence-corrected chi connectivity index (χ4v) is 3.04. The molecule has 0 saturated carbocycles. The quantitative estimate of drug-likeness (QED) is 0.854. The zero-order valence-corrected chi connectivity index (χ0v) is 10.2. The first kappa shape index (κ1) is 11.4. The van der Waals surface area contributed by atoms with E-state index in [0.29, 0.717) is 6.42 Å². The number of aliphatic carboxylic acids is 1. The zero-order chi connectivity index (χ0) is 11.5. The Morgan fingerprint density at radius 1 is 1.56 bits per heavy atom. The molecule has 0 fully saturated rings. The van der Waals surface area contributed by atoms with E-state index in [1.165, 1.54) is 17.0 Å². The number of thiazole rings is 1. The third-order valence-electron chi connectivity index (χ3n) is 2.80. The predicted octanol–water partition coefficient (Wildman–Crippen LogP) is 1.93. The molecule has 16 heavy (non-hydrogen) atoms. The van der Waals surface area contributed by atoms with E-state index >= 15 is 0 Å². The number of aromatic nitrogens is 1. The summed E-state index contributed by atoms with van der Waals surface area (Å²) >= 11 is 1.76. The Balaban J connectivity index is 1.88. The van der Waals surface area contributed by atoms with Crippen molar-refractivity contribution in [1.29, 1.82) is 0 Å². The van der Waals surface area contributed by atoms with Crippen LogP contribution in [0.4, 0.5) is 5.13 Å².